The molecule has 0 aliphatic rings. The normalized spacial score (nSPS) is 5.62. The second-order valence-corrected chi connectivity index (χ2v) is 1.07. The van der Waals surface area contributed by atoms with E-state index < -0.39 is 6.03 Å². The minimum atomic E-state index is -0.833. The average molecular weight is 161 g/mol. The highest BCUT2D eigenvalue weighted by Gasteiger charge is 1.60. The fourth-order valence-corrected chi connectivity index (χ4v) is 0. The summed E-state index contributed by atoms with van der Waals surface area (Å²) in [6.45, 7) is 0. The van der Waals surface area contributed by atoms with E-state index in [1.807, 2.05) is 0 Å². The van der Waals surface area contributed by atoms with Crippen molar-refractivity contribution in [2.24, 2.45) is 11.5 Å². The van der Waals surface area contributed by atoms with Crippen molar-refractivity contribution in [2.45, 2.75) is 0 Å². The van der Waals surface area contributed by atoms with E-state index in [-0.39, 0.29) is 18.8 Å². The summed E-state index contributed by atoms with van der Waals surface area (Å²) < 4.78 is 0. The maximum absolute atomic E-state index is 9.00. The Labute approximate surface area is 56.2 Å². The van der Waals surface area contributed by atoms with Crippen molar-refractivity contribution >= 4 is 15.3 Å². The molecule has 2 amide bonds. The van der Waals surface area contributed by atoms with Crippen LogP contribution in [0.2, 0.25) is 0 Å². The lowest BCUT2D eigenvalue weighted by molar-refractivity contribution is -0.00000590. The molecule has 0 saturated carbocycles. The Bertz CT molecular complexity index is 49.3. The van der Waals surface area contributed by atoms with Gasteiger partial charge in [0.05, 0.1) is 0 Å². The molecule has 0 heterocycles. The van der Waals surface area contributed by atoms with Crippen molar-refractivity contribution in [2.75, 3.05) is 6.35 Å². The molecule has 0 bridgehead atoms. The minimum Gasteiger partial charge on any atom is -1.00 e. The third-order valence-corrected chi connectivity index (χ3v) is 0. The highest BCUT2D eigenvalue weighted by molar-refractivity contribution is 7.16. The molecule has 52 valence electrons. The molecule has 0 spiro atoms. The van der Waals surface area contributed by atoms with Crippen LogP contribution in [0, 0.1) is 0 Å². The first-order valence-corrected chi connectivity index (χ1v) is 2.60. The topological polar surface area (TPSA) is 89.3 Å². The maximum Gasteiger partial charge on any atom is 0.309 e. The molecule has 0 rings (SSSR count). The SMILES string of the molecule is NC(N)=O.OC[PH3+].[Cl-]. The number of aliphatic hydroxyl groups is 1. The zero-order chi connectivity index (χ0) is 6.28. The Morgan fingerprint density at radius 3 is 1.62 bits per heavy atom. The summed E-state index contributed by atoms with van der Waals surface area (Å²) in [5, 5.41) is 7.58. The van der Waals surface area contributed by atoms with Gasteiger partial charge in [0.15, 0.2) is 0 Å². The summed E-state index contributed by atoms with van der Waals surface area (Å²) in [7, 11) is 1.53. The smallest absolute Gasteiger partial charge is 0.309 e. The van der Waals surface area contributed by atoms with E-state index >= 15 is 0 Å². The maximum atomic E-state index is 9.00. The average Bonchev–Trinajstić information content (AvgIpc) is 1.33. The van der Waals surface area contributed by atoms with Crippen LogP contribution >= 0.6 is 9.24 Å². The highest BCUT2D eigenvalue weighted by atomic mass is 35.5. The molecule has 0 aromatic carbocycles. The monoisotopic (exact) mass is 160 g/mol. The molecule has 0 radical (unpaired) electrons. The zero-order valence-electron chi connectivity index (χ0n) is 4.30. The first kappa shape index (κ1) is 15.7. The lowest BCUT2D eigenvalue weighted by Crippen LogP contribution is -3.00. The first-order chi connectivity index (χ1) is 3.15. The third-order valence-electron chi connectivity index (χ3n) is 0. The fourth-order valence-electron chi connectivity index (χ4n) is 0. The lowest BCUT2D eigenvalue weighted by atomic mass is 11.2. The molecule has 0 aromatic heterocycles. The summed E-state index contributed by atoms with van der Waals surface area (Å²) >= 11 is 0. The molecule has 0 aromatic rings. The van der Waals surface area contributed by atoms with E-state index in [0.29, 0.717) is 0 Å². The predicted octanol–water partition coefficient (Wildman–Crippen LogP) is -4.43. The Kier molecular flexibility index (Phi) is 30.9. The highest BCUT2D eigenvalue weighted by Crippen LogP contribution is 1.63. The Balaban J connectivity index is -0.0000000575. The minimum absolute atomic E-state index is 0. The molecule has 1 atom stereocenters. The van der Waals surface area contributed by atoms with Crippen molar-refractivity contribution in [3.63, 3.8) is 0 Å². The summed E-state index contributed by atoms with van der Waals surface area (Å²) in [6, 6.07) is -0.833. The van der Waals surface area contributed by atoms with Crippen LogP contribution in [0.25, 0.3) is 0 Å². The van der Waals surface area contributed by atoms with E-state index in [1.54, 1.807) is 0 Å². The molecular formula is C2H10ClN2O2P. The number of aliphatic hydroxyl groups excluding tert-OH is 1. The van der Waals surface area contributed by atoms with Crippen LogP contribution in [0.4, 0.5) is 4.79 Å². The number of halogens is 1. The molecule has 0 aliphatic carbocycles. The van der Waals surface area contributed by atoms with Gasteiger partial charge in [-0.05, 0) is 0 Å². The molecule has 5 N–H and O–H groups in total. The number of amides is 2. The van der Waals surface area contributed by atoms with E-state index in [4.69, 9.17) is 9.90 Å². The van der Waals surface area contributed by atoms with Gasteiger partial charge in [-0.15, -0.1) is 0 Å². The third kappa shape index (κ3) is 58300. The van der Waals surface area contributed by atoms with Crippen LogP contribution < -0.4 is 23.9 Å². The molecule has 8 heavy (non-hydrogen) atoms. The molecule has 0 fully saturated rings. The van der Waals surface area contributed by atoms with Crippen molar-refractivity contribution in [3.05, 3.63) is 0 Å². The van der Waals surface area contributed by atoms with Gasteiger partial charge in [-0.2, -0.15) is 0 Å². The van der Waals surface area contributed by atoms with Crippen LogP contribution in [0.15, 0.2) is 0 Å². The van der Waals surface area contributed by atoms with Crippen molar-refractivity contribution in [1.82, 2.24) is 0 Å². The number of rotatable bonds is 0. The molecule has 0 aliphatic heterocycles. The van der Waals surface area contributed by atoms with Crippen LogP contribution in [0.3, 0.4) is 0 Å². The largest absolute Gasteiger partial charge is 1.00 e. The Morgan fingerprint density at radius 2 is 1.62 bits per heavy atom. The Hall–Kier alpha value is -0.0500. The summed E-state index contributed by atoms with van der Waals surface area (Å²) in [5.41, 5.74) is 8.50. The first-order valence-electron chi connectivity index (χ1n) is 1.60. The van der Waals surface area contributed by atoms with Gasteiger partial charge in [0.2, 0.25) is 0 Å². The van der Waals surface area contributed by atoms with E-state index in [9.17, 15) is 0 Å². The number of carbonyl (C=O) groups excluding carboxylic acids is 1. The number of hydrogen-bond acceptors (Lipinski definition) is 2. The predicted molar refractivity (Wildman–Crippen MR) is 32.0 cm³/mol. The fraction of sp³-hybridized carbons (Fsp3) is 0.500. The van der Waals surface area contributed by atoms with Crippen LogP contribution in [0.5, 0.6) is 0 Å². The lowest BCUT2D eigenvalue weighted by Gasteiger charge is -1.62. The van der Waals surface area contributed by atoms with Gasteiger partial charge in [0.1, 0.15) is 6.35 Å². The summed E-state index contributed by atoms with van der Waals surface area (Å²) in [6.07, 6.45) is 0.278. The molecule has 6 heteroatoms. The molecule has 4 nitrogen and oxygen atoms in total. The standard InChI is InChI=1S/CH4N2O.CH5OP.ClH/c2-1(3)4;2-1-3;/h(H4,2,3,4);2H,1,3H2;1H. The summed E-state index contributed by atoms with van der Waals surface area (Å²) in [4.78, 5) is 9.00. The Morgan fingerprint density at radius 1 is 1.62 bits per heavy atom. The number of primary amides is 2. The van der Waals surface area contributed by atoms with Gasteiger partial charge in [-0.1, -0.05) is 0 Å². The van der Waals surface area contributed by atoms with Crippen molar-refractivity contribution in [1.29, 1.82) is 0 Å². The molecule has 0 saturated heterocycles. The van der Waals surface area contributed by atoms with Gasteiger partial charge >= 0.3 is 6.03 Å². The van der Waals surface area contributed by atoms with Crippen molar-refractivity contribution < 1.29 is 22.3 Å². The second-order valence-electron chi connectivity index (χ2n) is 0.626. The zero-order valence-corrected chi connectivity index (χ0v) is 6.47. The van der Waals surface area contributed by atoms with Gasteiger partial charge in [-0.25, -0.2) is 4.79 Å². The molecule has 1 unspecified atom stereocenters. The van der Waals surface area contributed by atoms with Crippen LogP contribution in [-0.2, 0) is 0 Å². The number of nitrogens with two attached hydrogens (primary N) is 2. The second kappa shape index (κ2) is 15.8. The van der Waals surface area contributed by atoms with Crippen LogP contribution in [-0.4, -0.2) is 17.5 Å². The van der Waals surface area contributed by atoms with Gasteiger partial charge < -0.3 is 29.0 Å². The number of urea groups is 1. The van der Waals surface area contributed by atoms with E-state index in [1.165, 1.54) is 9.24 Å². The van der Waals surface area contributed by atoms with E-state index in [2.05, 4.69) is 11.5 Å². The van der Waals surface area contributed by atoms with Crippen molar-refractivity contribution in [3.8, 4) is 0 Å². The quantitative estimate of drug-likeness (QED) is 0.312. The molecular weight excluding hydrogens is 150 g/mol. The van der Waals surface area contributed by atoms with Gasteiger partial charge in [-0.3, -0.25) is 0 Å². The number of carbonyl (C=O) groups is 1. The number of hydrogen-bond donors (Lipinski definition) is 3. The van der Waals surface area contributed by atoms with Gasteiger partial charge in [0.25, 0.3) is 0 Å². The summed E-state index contributed by atoms with van der Waals surface area (Å²) in [5.74, 6) is 0. The van der Waals surface area contributed by atoms with Gasteiger partial charge in [0, 0.05) is 9.24 Å². The van der Waals surface area contributed by atoms with E-state index in [0.717, 1.165) is 0 Å². The van der Waals surface area contributed by atoms with Crippen LogP contribution in [0.1, 0.15) is 0 Å².